The van der Waals surface area contributed by atoms with Gasteiger partial charge in [-0.2, -0.15) is 13.2 Å². The van der Waals surface area contributed by atoms with Gasteiger partial charge in [-0.3, -0.25) is 14.5 Å². The maximum Gasteiger partial charge on any atom is 0.416 e. The lowest BCUT2D eigenvalue weighted by Crippen LogP contribution is -2.26. The Hall–Kier alpha value is -3.03. The minimum atomic E-state index is -4.52. The molecule has 0 aromatic heterocycles. The van der Waals surface area contributed by atoms with E-state index >= 15 is 0 Å². The van der Waals surface area contributed by atoms with Crippen molar-refractivity contribution in [3.05, 3.63) is 53.6 Å². The third-order valence-corrected chi connectivity index (χ3v) is 4.45. The highest BCUT2D eigenvalue weighted by atomic mass is 19.4. The number of nitrogens with zero attached hydrogens (tertiary/aromatic N) is 1. The molecule has 2 aromatic rings. The fourth-order valence-corrected chi connectivity index (χ4v) is 2.91. The molecule has 4 N–H and O–H groups in total. The smallest absolute Gasteiger partial charge is 0.397 e. The summed E-state index contributed by atoms with van der Waals surface area (Å²) in [5.74, 6) is -0.686. The van der Waals surface area contributed by atoms with Crippen molar-refractivity contribution in [3.63, 3.8) is 0 Å². The van der Waals surface area contributed by atoms with E-state index in [1.807, 2.05) is 19.1 Å². The van der Waals surface area contributed by atoms with Crippen molar-refractivity contribution in [2.45, 2.75) is 45.2 Å². The fourth-order valence-electron chi connectivity index (χ4n) is 2.91. The Bertz CT molecular complexity index is 864. The van der Waals surface area contributed by atoms with Crippen LogP contribution in [0.5, 0.6) is 0 Å². The molecule has 0 aliphatic rings. The molecule has 2 rings (SSSR count). The third-order valence-electron chi connectivity index (χ3n) is 4.45. The lowest BCUT2D eigenvalue weighted by molar-refractivity contribution is -0.137. The zero-order chi connectivity index (χ0) is 21.6. The first-order chi connectivity index (χ1) is 13.6. The van der Waals surface area contributed by atoms with Gasteiger partial charge < -0.3 is 11.5 Å². The van der Waals surface area contributed by atoms with Crippen LogP contribution >= 0.6 is 0 Å². The summed E-state index contributed by atoms with van der Waals surface area (Å²) in [6.07, 6.45) is -2.37. The molecule has 0 unspecified atom stereocenters. The van der Waals surface area contributed by atoms with Crippen LogP contribution in [0.15, 0.2) is 42.5 Å². The molecule has 0 heterocycles. The van der Waals surface area contributed by atoms with Crippen LogP contribution in [0.1, 0.15) is 43.2 Å². The van der Waals surface area contributed by atoms with E-state index in [0.717, 1.165) is 17.7 Å². The van der Waals surface area contributed by atoms with Crippen LogP contribution in [0.4, 0.5) is 30.2 Å². The van der Waals surface area contributed by atoms with E-state index in [-0.39, 0.29) is 30.1 Å². The number of halogens is 3. The number of alkyl halides is 3. The van der Waals surface area contributed by atoms with E-state index in [9.17, 15) is 22.8 Å². The van der Waals surface area contributed by atoms with Crippen molar-refractivity contribution < 1.29 is 22.8 Å². The fraction of sp³-hybridized carbons (Fsp3) is 0.333. The topological polar surface area (TPSA) is 89.4 Å². The molecule has 156 valence electrons. The molecule has 29 heavy (non-hydrogen) atoms. The molecule has 0 saturated carbocycles. The Kier molecular flexibility index (Phi) is 7.25. The second kappa shape index (κ2) is 9.45. The van der Waals surface area contributed by atoms with Crippen LogP contribution in [-0.2, 0) is 15.8 Å². The average molecular weight is 407 g/mol. The molecule has 8 heteroatoms. The van der Waals surface area contributed by atoms with Gasteiger partial charge in [-0.1, -0.05) is 24.1 Å². The van der Waals surface area contributed by atoms with Gasteiger partial charge in [0, 0.05) is 18.5 Å². The summed E-state index contributed by atoms with van der Waals surface area (Å²) >= 11 is 0. The van der Waals surface area contributed by atoms with Crippen molar-refractivity contribution in [1.29, 1.82) is 0 Å². The number of hydrogen-bond acceptors (Lipinski definition) is 3. The number of carbonyl (C=O) groups excluding carboxylic acids is 2. The monoisotopic (exact) mass is 407 g/mol. The first kappa shape index (κ1) is 22.3. The largest absolute Gasteiger partial charge is 0.416 e. The molecule has 2 aromatic carbocycles. The van der Waals surface area contributed by atoms with Gasteiger partial charge in [0.05, 0.1) is 16.9 Å². The van der Waals surface area contributed by atoms with Crippen molar-refractivity contribution in [2.24, 2.45) is 5.73 Å². The zero-order valence-corrected chi connectivity index (χ0v) is 16.1. The molecule has 0 radical (unpaired) electrons. The van der Waals surface area contributed by atoms with Crippen molar-refractivity contribution in [1.82, 2.24) is 0 Å². The van der Waals surface area contributed by atoms with E-state index < -0.39 is 17.6 Å². The van der Waals surface area contributed by atoms with E-state index in [1.54, 1.807) is 12.1 Å². The van der Waals surface area contributed by atoms with Gasteiger partial charge in [-0.15, -0.1) is 0 Å². The van der Waals surface area contributed by atoms with Crippen LogP contribution in [0.3, 0.4) is 0 Å². The number of anilines is 3. The summed E-state index contributed by atoms with van der Waals surface area (Å²) in [7, 11) is 0. The summed E-state index contributed by atoms with van der Waals surface area (Å²) in [5.41, 5.74) is 11.7. The third kappa shape index (κ3) is 6.23. The lowest BCUT2D eigenvalue weighted by atomic mass is 10.1. The standard InChI is InChI=1S/C21H24F3N3O2/c1-14-7-10-16(11-8-14)27(20(29)6-4-2-3-5-19(26)28)18-12-9-15(13-17(18)25)21(22,23)24/h7-13H,2-6,25H2,1H3,(H2,26,28). The Morgan fingerprint density at radius 1 is 0.966 bits per heavy atom. The molecule has 0 spiro atoms. The average Bonchev–Trinajstić information content (AvgIpc) is 2.63. The Labute approximate surface area is 167 Å². The highest BCUT2D eigenvalue weighted by molar-refractivity contribution is 6.03. The molecule has 0 bridgehead atoms. The molecule has 0 aliphatic carbocycles. The first-order valence-corrected chi connectivity index (χ1v) is 9.24. The number of nitrogen functional groups attached to an aromatic ring is 1. The number of nitrogens with two attached hydrogens (primary N) is 2. The van der Waals surface area contributed by atoms with Crippen LogP contribution < -0.4 is 16.4 Å². The number of aryl methyl sites for hydroxylation is 1. The summed E-state index contributed by atoms with van der Waals surface area (Å²) in [4.78, 5) is 25.0. The molecular formula is C21H24F3N3O2. The van der Waals surface area contributed by atoms with Crippen LogP contribution in [0.25, 0.3) is 0 Å². The van der Waals surface area contributed by atoms with Gasteiger partial charge in [0.15, 0.2) is 0 Å². The second-order valence-electron chi connectivity index (χ2n) is 6.86. The van der Waals surface area contributed by atoms with E-state index in [1.165, 1.54) is 11.0 Å². The van der Waals surface area contributed by atoms with E-state index in [0.29, 0.717) is 24.9 Å². The molecule has 0 atom stereocenters. The predicted octanol–water partition coefficient (Wildman–Crippen LogP) is 4.70. The Morgan fingerprint density at radius 3 is 2.14 bits per heavy atom. The minimum absolute atomic E-state index is 0.137. The lowest BCUT2D eigenvalue weighted by Gasteiger charge is -2.25. The highest BCUT2D eigenvalue weighted by Crippen LogP contribution is 2.37. The molecule has 2 amide bonds. The normalized spacial score (nSPS) is 11.3. The number of primary amides is 1. The molecule has 0 aliphatic heterocycles. The minimum Gasteiger partial charge on any atom is -0.397 e. The van der Waals surface area contributed by atoms with Crippen LogP contribution in [-0.4, -0.2) is 11.8 Å². The van der Waals surface area contributed by atoms with Gasteiger partial charge in [0.25, 0.3) is 0 Å². The summed E-state index contributed by atoms with van der Waals surface area (Å²) < 4.78 is 38.9. The Balaban J connectivity index is 2.27. The van der Waals surface area contributed by atoms with Gasteiger partial charge in [0.1, 0.15) is 0 Å². The van der Waals surface area contributed by atoms with Crippen molar-refractivity contribution >= 4 is 28.9 Å². The molecular weight excluding hydrogens is 383 g/mol. The summed E-state index contributed by atoms with van der Waals surface area (Å²) in [6.45, 7) is 1.89. The summed E-state index contributed by atoms with van der Waals surface area (Å²) in [5, 5.41) is 0. The number of unbranched alkanes of at least 4 members (excludes halogenated alkanes) is 2. The van der Waals surface area contributed by atoms with Gasteiger partial charge in [-0.05, 0) is 50.1 Å². The number of rotatable bonds is 8. The first-order valence-electron chi connectivity index (χ1n) is 9.24. The predicted molar refractivity (Wildman–Crippen MR) is 106 cm³/mol. The Morgan fingerprint density at radius 2 is 1.59 bits per heavy atom. The van der Waals surface area contributed by atoms with E-state index in [4.69, 9.17) is 11.5 Å². The quantitative estimate of drug-likeness (QED) is 0.491. The summed E-state index contributed by atoms with van der Waals surface area (Å²) in [6, 6.07) is 10.0. The van der Waals surface area contributed by atoms with Crippen LogP contribution in [0, 0.1) is 6.92 Å². The van der Waals surface area contributed by atoms with Crippen molar-refractivity contribution in [2.75, 3.05) is 10.6 Å². The number of hydrogen-bond donors (Lipinski definition) is 2. The van der Waals surface area contributed by atoms with Gasteiger partial charge in [0.2, 0.25) is 11.8 Å². The number of amides is 2. The van der Waals surface area contributed by atoms with Gasteiger partial charge >= 0.3 is 6.18 Å². The SMILES string of the molecule is Cc1ccc(N(C(=O)CCCCCC(N)=O)c2ccc(C(F)(F)F)cc2N)cc1. The molecule has 5 nitrogen and oxygen atoms in total. The maximum atomic E-state index is 13.0. The highest BCUT2D eigenvalue weighted by Gasteiger charge is 2.31. The number of carbonyl (C=O) groups is 2. The van der Waals surface area contributed by atoms with Gasteiger partial charge in [-0.25, -0.2) is 0 Å². The molecule has 0 saturated heterocycles. The molecule has 0 fully saturated rings. The number of benzene rings is 2. The maximum absolute atomic E-state index is 13.0. The second-order valence-corrected chi connectivity index (χ2v) is 6.86. The van der Waals surface area contributed by atoms with Crippen LogP contribution in [0.2, 0.25) is 0 Å². The van der Waals surface area contributed by atoms with Crippen molar-refractivity contribution in [3.8, 4) is 0 Å². The van der Waals surface area contributed by atoms with E-state index in [2.05, 4.69) is 0 Å². The zero-order valence-electron chi connectivity index (χ0n) is 16.1.